The average molecular weight is 206 g/mol. The van der Waals surface area contributed by atoms with Crippen LogP contribution in [-0.2, 0) is 0 Å². The van der Waals surface area contributed by atoms with Crippen LogP contribution >= 0.6 is 11.3 Å². The zero-order valence-electron chi connectivity index (χ0n) is 8.40. The smallest absolute Gasteiger partial charge is 0.0905 e. The number of benzene rings is 1. The summed E-state index contributed by atoms with van der Waals surface area (Å²) >= 11 is 1.68. The Kier molecular flexibility index (Phi) is 2.57. The van der Waals surface area contributed by atoms with E-state index in [-0.39, 0.29) is 12.0 Å². The summed E-state index contributed by atoms with van der Waals surface area (Å²) in [7, 11) is 0. The quantitative estimate of drug-likeness (QED) is 0.796. The topological polar surface area (TPSA) is 20.2 Å². The Morgan fingerprint density at radius 1 is 1.21 bits per heavy atom. The van der Waals surface area contributed by atoms with E-state index in [0.29, 0.717) is 0 Å². The van der Waals surface area contributed by atoms with Gasteiger partial charge in [0.1, 0.15) is 0 Å². The molecular weight excluding hydrogens is 192 g/mol. The molecular formula is C12H14OS. The van der Waals surface area contributed by atoms with Gasteiger partial charge in [-0.25, -0.2) is 0 Å². The molecule has 0 aliphatic carbocycles. The highest BCUT2D eigenvalue weighted by atomic mass is 32.1. The number of fused-ring (bicyclic) bond motifs is 1. The zero-order chi connectivity index (χ0) is 10.1. The molecule has 0 saturated heterocycles. The second-order valence-electron chi connectivity index (χ2n) is 3.88. The van der Waals surface area contributed by atoms with Gasteiger partial charge >= 0.3 is 0 Å². The maximum absolute atomic E-state index is 9.91. The van der Waals surface area contributed by atoms with E-state index in [1.807, 2.05) is 26.0 Å². The Morgan fingerprint density at radius 2 is 1.93 bits per heavy atom. The van der Waals surface area contributed by atoms with Crippen LogP contribution in [0, 0.1) is 5.92 Å². The third kappa shape index (κ3) is 1.68. The summed E-state index contributed by atoms with van der Waals surface area (Å²) in [5.41, 5.74) is 0. The van der Waals surface area contributed by atoms with Crippen molar-refractivity contribution in [3.05, 3.63) is 35.2 Å². The Labute approximate surface area is 88.0 Å². The highest BCUT2D eigenvalue weighted by Gasteiger charge is 2.14. The van der Waals surface area contributed by atoms with E-state index in [1.165, 1.54) is 10.1 Å². The first-order valence-corrected chi connectivity index (χ1v) is 5.66. The van der Waals surface area contributed by atoms with Crippen LogP contribution in [0.25, 0.3) is 10.1 Å². The second kappa shape index (κ2) is 3.71. The molecule has 2 aromatic rings. The largest absolute Gasteiger partial charge is 0.387 e. The molecule has 0 aliphatic heterocycles. The predicted molar refractivity (Wildman–Crippen MR) is 61.6 cm³/mol. The summed E-state index contributed by atoms with van der Waals surface area (Å²) < 4.78 is 1.25. The minimum atomic E-state index is -0.326. The molecule has 0 bridgehead atoms. The number of hydrogen-bond acceptors (Lipinski definition) is 2. The van der Waals surface area contributed by atoms with Gasteiger partial charge in [-0.2, -0.15) is 0 Å². The Balaban J connectivity index is 2.45. The van der Waals surface area contributed by atoms with Crippen LogP contribution in [-0.4, -0.2) is 5.11 Å². The van der Waals surface area contributed by atoms with Crippen molar-refractivity contribution < 1.29 is 5.11 Å². The van der Waals surface area contributed by atoms with Crippen molar-refractivity contribution in [3.8, 4) is 0 Å². The van der Waals surface area contributed by atoms with Crippen molar-refractivity contribution in [2.75, 3.05) is 0 Å². The van der Waals surface area contributed by atoms with Gasteiger partial charge in [0, 0.05) is 9.58 Å². The maximum atomic E-state index is 9.91. The minimum absolute atomic E-state index is 0.281. The molecule has 1 heterocycles. The van der Waals surface area contributed by atoms with Crippen LogP contribution in [0.1, 0.15) is 24.8 Å². The van der Waals surface area contributed by atoms with Crippen molar-refractivity contribution >= 4 is 21.4 Å². The van der Waals surface area contributed by atoms with Crippen LogP contribution in [0.15, 0.2) is 30.3 Å². The van der Waals surface area contributed by atoms with E-state index in [0.717, 1.165) is 4.88 Å². The summed E-state index contributed by atoms with van der Waals surface area (Å²) in [4.78, 5) is 1.07. The normalized spacial score (nSPS) is 13.7. The number of aliphatic hydroxyl groups is 1. The monoisotopic (exact) mass is 206 g/mol. The Morgan fingerprint density at radius 3 is 2.57 bits per heavy atom. The Hall–Kier alpha value is -0.860. The fourth-order valence-corrected chi connectivity index (χ4v) is 2.70. The van der Waals surface area contributed by atoms with Gasteiger partial charge in [-0.1, -0.05) is 32.0 Å². The standard InChI is InChI=1S/C12H14OS/c1-8(2)12(13)11-7-9-5-3-4-6-10(9)14-11/h3-8,12-13H,1-2H3/t12-/m0/s1. The van der Waals surface area contributed by atoms with Crippen molar-refractivity contribution in [1.82, 2.24) is 0 Å². The van der Waals surface area contributed by atoms with Gasteiger partial charge in [0.15, 0.2) is 0 Å². The predicted octanol–water partition coefficient (Wildman–Crippen LogP) is 3.59. The van der Waals surface area contributed by atoms with E-state index in [9.17, 15) is 5.11 Å². The van der Waals surface area contributed by atoms with Crippen LogP contribution in [0.2, 0.25) is 0 Å². The molecule has 0 amide bonds. The lowest BCUT2D eigenvalue weighted by Gasteiger charge is -2.11. The van der Waals surface area contributed by atoms with Gasteiger partial charge in [0.05, 0.1) is 6.10 Å². The lowest BCUT2D eigenvalue weighted by atomic mass is 10.1. The lowest BCUT2D eigenvalue weighted by molar-refractivity contribution is 0.130. The first-order chi connectivity index (χ1) is 6.68. The summed E-state index contributed by atoms with van der Waals surface area (Å²) in [6.45, 7) is 4.07. The maximum Gasteiger partial charge on any atom is 0.0905 e. The number of rotatable bonds is 2. The van der Waals surface area contributed by atoms with E-state index >= 15 is 0 Å². The fourth-order valence-electron chi connectivity index (χ4n) is 1.48. The highest BCUT2D eigenvalue weighted by molar-refractivity contribution is 7.19. The highest BCUT2D eigenvalue weighted by Crippen LogP contribution is 2.32. The molecule has 1 N–H and O–H groups in total. The molecule has 74 valence electrons. The third-order valence-corrected chi connectivity index (χ3v) is 3.55. The molecule has 2 heteroatoms. The number of thiophene rings is 1. The second-order valence-corrected chi connectivity index (χ2v) is 4.99. The molecule has 1 aromatic heterocycles. The summed E-state index contributed by atoms with van der Waals surface area (Å²) in [5, 5.41) is 11.1. The molecule has 0 saturated carbocycles. The van der Waals surface area contributed by atoms with Crippen LogP contribution in [0.5, 0.6) is 0 Å². The molecule has 1 atom stereocenters. The van der Waals surface area contributed by atoms with E-state index < -0.39 is 0 Å². The van der Waals surface area contributed by atoms with E-state index in [1.54, 1.807) is 11.3 Å². The first kappa shape index (κ1) is 9.69. The van der Waals surface area contributed by atoms with Crippen molar-refractivity contribution in [3.63, 3.8) is 0 Å². The van der Waals surface area contributed by atoms with Crippen LogP contribution < -0.4 is 0 Å². The molecule has 14 heavy (non-hydrogen) atoms. The van der Waals surface area contributed by atoms with Gasteiger partial charge in [0.25, 0.3) is 0 Å². The van der Waals surface area contributed by atoms with Gasteiger partial charge in [-0.15, -0.1) is 11.3 Å². The molecule has 0 fully saturated rings. The van der Waals surface area contributed by atoms with E-state index in [4.69, 9.17) is 0 Å². The molecule has 1 nitrogen and oxygen atoms in total. The summed E-state index contributed by atoms with van der Waals surface area (Å²) in [6.07, 6.45) is -0.326. The van der Waals surface area contributed by atoms with Gasteiger partial charge in [-0.3, -0.25) is 0 Å². The fraction of sp³-hybridized carbons (Fsp3) is 0.333. The molecule has 1 aromatic carbocycles. The Bertz CT molecular complexity index is 398. The molecule has 0 unspecified atom stereocenters. The van der Waals surface area contributed by atoms with Crippen molar-refractivity contribution in [2.45, 2.75) is 20.0 Å². The third-order valence-electron chi connectivity index (χ3n) is 2.37. The molecule has 0 radical (unpaired) electrons. The van der Waals surface area contributed by atoms with Crippen LogP contribution in [0.4, 0.5) is 0 Å². The zero-order valence-corrected chi connectivity index (χ0v) is 9.21. The minimum Gasteiger partial charge on any atom is -0.387 e. The van der Waals surface area contributed by atoms with E-state index in [2.05, 4.69) is 18.2 Å². The first-order valence-electron chi connectivity index (χ1n) is 4.85. The number of hydrogen-bond donors (Lipinski definition) is 1. The lowest BCUT2D eigenvalue weighted by Crippen LogP contribution is -2.02. The summed E-state index contributed by atoms with van der Waals surface area (Å²) in [5.74, 6) is 0.281. The molecule has 0 spiro atoms. The summed E-state index contributed by atoms with van der Waals surface area (Å²) in [6, 6.07) is 10.3. The molecule has 2 rings (SSSR count). The van der Waals surface area contributed by atoms with Crippen LogP contribution in [0.3, 0.4) is 0 Å². The van der Waals surface area contributed by atoms with Crippen molar-refractivity contribution in [2.24, 2.45) is 5.92 Å². The molecule has 0 aliphatic rings. The van der Waals surface area contributed by atoms with Gasteiger partial charge in [0.2, 0.25) is 0 Å². The SMILES string of the molecule is CC(C)[C@H](O)c1cc2ccccc2s1. The van der Waals surface area contributed by atoms with Gasteiger partial charge in [-0.05, 0) is 23.4 Å². The number of aliphatic hydroxyl groups excluding tert-OH is 1. The average Bonchev–Trinajstić information content (AvgIpc) is 2.59. The van der Waals surface area contributed by atoms with Gasteiger partial charge < -0.3 is 5.11 Å². The van der Waals surface area contributed by atoms with Crippen molar-refractivity contribution in [1.29, 1.82) is 0 Å².